The molecule has 3 aromatic rings. The number of carbonyl (C=O) groups is 1. The van der Waals surface area contributed by atoms with Crippen molar-refractivity contribution >= 4 is 47.2 Å². The summed E-state index contributed by atoms with van der Waals surface area (Å²) in [4.78, 5) is 25.2. The Morgan fingerprint density at radius 1 is 1.41 bits per heavy atom. The molecule has 0 aliphatic rings. The van der Waals surface area contributed by atoms with E-state index in [1.165, 1.54) is 17.4 Å². The number of hydrogen-bond donors (Lipinski definition) is 2. The number of nitrogens with one attached hydrogen (secondary N) is 2. The SMILES string of the molecule is CCOC(=O)c1sc(C(C)NC(=NC)NCc2ccc(-n3ccnc3)c(F)c2)nc1C.I. The van der Waals surface area contributed by atoms with E-state index in [-0.39, 0.29) is 41.8 Å². The minimum atomic E-state index is -0.361. The predicted octanol–water partition coefficient (Wildman–Crippen LogP) is 4.00. The van der Waals surface area contributed by atoms with E-state index in [0.29, 0.717) is 35.4 Å². The summed E-state index contributed by atoms with van der Waals surface area (Å²) in [6.45, 7) is 6.19. The Labute approximate surface area is 207 Å². The number of aromatic nitrogens is 3. The monoisotopic (exact) mass is 572 g/mol. The zero-order chi connectivity index (χ0) is 22.4. The second-order valence-corrected chi connectivity index (χ2v) is 7.77. The van der Waals surface area contributed by atoms with E-state index in [9.17, 15) is 9.18 Å². The molecule has 2 heterocycles. The second-order valence-electron chi connectivity index (χ2n) is 6.73. The van der Waals surface area contributed by atoms with Crippen LogP contribution in [0.1, 0.15) is 45.8 Å². The van der Waals surface area contributed by atoms with E-state index in [0.717, 1.165) is 10.6 Å². The lowest BCUT2D eigenvalue weighted by atomic mass is 10.2. The fourth-order valence-electron chi connectivity index (χ4n) is 2.91. The van der Waals surface area contributed by atoms with Gasteiger partial charge in [0.1, 0.15) is 15.7 Å². The Morgan fingerprint density at radius 2 is 2.19 bits per heavy atom. The molecule has 0 bridgehead atoms. The van der Waals surface area contributed by atoms with Gasteiger partial charge in [-0.15, -0.1) is 35.3 Å². The zero-order valence-corrected chi connectivity index (χ0v) is 21.4. The van der Waals surface area contributed by atoms with Gasteiger partial charge in [-0.25, -0.2) is 19.2 Å². The third kappa shape index (κ3) is 6.25. The normalized spacial score (nSPS) is 12.1. The Morgan fingerprint density at radius 3 is 2.81 bits per heavy atom. The number of carbonyl (C=O) groups excluding carboxylic acids is 1. The van der Waals surface area contributed by atoms with Crippen LogP contribution in [0.15, 0.2) is 41.9 Å². The van der Waals surface area contributed by atoms with Gasteiger partial charge < -0.3 is 19.9 Å². The van der Waals surface area contributed by atoms with Crippen LogP contribution >= 0.6 is 35.3 Å². The number of aliphatic imine (C=N–C) groups is 1. The highest BCUT2D eigenvalue weighted by Crippen LogP contribution is 2.24. The number of halogens is 2. The fraction of sp³-hybridized carbons (Fsp3) is 0.333. The molecule has 32 heavy (non-hydrogen) atoms. The molecule has 1 aromatic carbocycles. The van der Waals surface area contributed by atoms with Crippen molar-refractivity contribution in [3.8, 4) is 5.69 Å². The first-order valence-corrected chi connectivity index (χ1v) is 10.6. The van der Waals surface area contributed by atoms with Crippen molar-refractivity contribution in [1.29, 1.82) is 0 Å². The molecule has 0 radical (unpaired) electrons. The number of guanidine groups is 1. The minimum Gasteiger partial charge on any atom is -0.462 e. The summed E-state index contributed by atoms with van der Waals surface area (Å²) in [5, 5.41) is 7.16. The topological polar surface area (TPSA) is 93.4 Å². The first-order valence-electron chi connectivity index (χ1n) is 9.81. The molecule has 0 aliphatic carbocycles. The molecule has 1 atom stereocenters. The molecule has 11 heteroatoms. The maximum Gasteiger partial charge on any atom is 0.350 e. The molecular weight excluding hydrogens is 546 g/mol. The molecule has 8 nitrogen and oxygen atoms in total. The zero-order valence-electron chi connectivity index (χ0n) is 18.3. The largest absolute Gasteiger partial charge is 0.462 e. The van der Waals surface area contributed by atoms with Gasteiger partial charge in [0, 0.05) is 26.0 Å². The van der Waals surface area contributed by atoms with Crippen LogP contribution in [0.2, 0.25) is 0 Å². The minimum absolute atomic E-state index is 0. The number of aryl methyl sites for hydroxylation is 1. The van der Waals surface area contributed by atoms with Gasteiger partial charge in [-0.3, -0.25) is 4.99 Å². The summed E-state index contributed by atoms with van der Waals surface area (Å²) < 4.78 is 21.1. The van der Waals surface area contributed by atoms with Gasteiger partial charge in [0.2, 0.25) is 0 Å². The smallest absolute Gasteiger partial charge is 0.350 e. The van der Waals surface area contributed by atoms with Crippen LogP contribution < -0.4 is 10.6 Å². The van der Waals surface area contributed by atoms with Gasteiger partial charge in [-0.1, -0.05) is 6.07 Å². The van der Waals surface area contributed by atoms with E-state index in [1.54, 1.807) is 50.2 Å². The van der Waals surface area contributed by atoms with E-state index >= 15 is 0 Å². The lowest BCUT2D eigenvalue weighted by Gasteiger charge is -2.16. The molecule has 0 fully saturated rings. The molecular formula is C21H26FIN6O2S. The second kappa shape index (κ2) is 11.9. The molecule has 2 N–H and O–H groups in total. The number of rotatable bonds is 7. The number of esters is 1. The van der Waals surface area contributed by atoms with Gasteiger partial charge >= 0.3 is 5.97 Å². The summed E-state index contributed by atoms with van der Waals surface area (Å²) in [5.41, 5.74) is 1.85. The van der Waals surface area contributed by atoms with Crippen LogP contribution in [0.4, 0.5) is 4.39 Å². The molecule has 3 rings (SSSR count). The number of hydrogen-bond acceptors (Lipinski definition) is 6. The molecule has 0 aliphatic heterocycles. The number of imidazole rings is 1. The molecule has 0 saturated heterocycles. The average Bonchev–Trinajstić information content (AvgIpc) is 3.41. The van der Waals surface area contributed by atoms with Crippen molar-refractivity contribution in [2.75, 3.05) is 13.7 Å². The first kappa shape index (κ1) is 25.7. The van der Waals surface area contributed by atoms with Crippen LogP contribution in [-0.2, 0) is 11.3 Å². The predicted molar refractivity (Wildman–Crippen MR) is 133 cm³/mol. The summed E-state index contributed by atoms with van der Waals surface area (Å²) in [5.74, 6) is -0.157. The van der Waals surface area contributed by atoms with Gasteiger partial charge in [0.25, 0.3) is 0 Å². The Balaban J connectivity index is 0.00000363. The van der Waals surface area contributed by atoms with Crippen molar-refractivity contribution in [3.05, 3.63) is 63.9 Å². The highest BCUT2D eigenvalue weighted by molar-refractivity contribution is 14.0. The molecule has 1 unspecified atom stereocenters. The molecule has 0 amide bonds. The van der Waals surface area contributed by atoms with Gasteiger partial charge in [0.05, 0.1) is 30.4 Å². The van der Waals surface area contributed by atoms with Crippen LogP contribution in [0, 0.1) is 12.7 Å². The van der Waals surface area contributed by atoms with Crippen LogP contribution in [0.5, 0.6) is 0 Å². The van der Waals surface area contributed by atoms with Crippen LogP contribution in [0.25, 0.3) is 5.69 Å². The lowest BCUT2D eigenvalue weighted by molar-refractivity contribution is 0.0531. The molecule has 0 saturated carbocycles. The maximum atomic E-state index is 14.4. The molecule has 0 spiro atoms. The number of thiazole rings is 1. The summed E-state index contributed by atoms with van der Waals surface area (Å²) in [7, 11) is 1.65. The van der Waals surface area contributed by atoms with E-state index in [4.69, 9.17) is 4.74 Å². The number of ether oxygens (including phenoxy) is 1. The van der Waals surface area contributed by atoms with Crippen molar-refractivity contribution in [1.82, 2.24) is 25.2 Å². The number of nitrogens with zero attached hydrogens (tertiary/aromatic N) is 4. The molecule has 2 aromatic heterocycles. The Hall–Kier alpha value is -2.54. The van der Waals surface area contributed by atoms with Crippen molar-refractivity contribution in [2.45, 2.75) is 33.4 Å². The quantitative estimate of drug-likeness (QED) is 0.193. The van der Waals surface area contributed by atoms with E-state index in [1.807, 2.05) is 13.0 Å². The summed E-state index contributed by atoms with van der Waals surface area (Å²) >= 11 is 1.30. The van der Waals surface area contributed by atoms with E-state index < -0.39 is 0 Å². The van der Waals surface area contributed by atoms with Gasteiger partial charge in [-0.2, -0.15) is 0 Å². The van der Waals surface area contributed by atoms with E-state index in [2.05, 4.69) is 25.6 Å². The highest BCUT2D eigenvalue weighted by Gasteiger charge is 2.20. The third-order valence-corrected chi connectivity index (χ3v) is 5.80. The fourth-order valence-corrected chi connectivity index (χ4v) is 3.87. The van der Waals surface area contributed by atoms with Gasteiger partial charge in [-0.05, 0) is 38.5 Å². The summed E-state index contributed by atoms with van der Waals surface area (Å²) in [6, 6.07) is 4.85. The summed E-state index contributed by atoms with van der Waals surface area (Å²) in [6.07, 6.45) is 4.85. The third-order valence-electron chi connectivity index (χ3n) is 4.48. The highest BCUT2D eigenvalue weighted by atomic mass is 127. The van der Waals surface area contributed by atoms with Crippen LogP contribution in [-0.4, -0.2) is 40.1 Å². The van der Waals surface area contributed by atoms with Crippen molar-refractivity contribution in [3.63, 3.8) is 0 Å². The Bertz CT molecular complexity index is 1070. The van der Waals surface area contributed by atoms with Gasteiger partial charge in [0.15, 0.2) is 5.96 Å². The first-order chi connectivity index (χ1) is 14.9. The number of benzene rings is 1. The average molecular weight is 572 g/mol. The maximum absolute atomic E-state index is 14.4. The van der Waals surface area contributed by atoms with Crippen molar-refractivity contribution < 1.29 is 13.9 Å². The van der Waals surface area contributed by atoms with Crippen LogP contribution in [0.3, 0.4) is 0 Å². The standard InChI is InChI=1S/C21H25FN6O2S.HI/c1-5-30-20(29)18-13(2)26-19(31-18)14(3)27-21(23-4)25-11-15-6-7-17(16(22)10-15)28-9-8-24-12-28;/h6-10,12,14H,5,11H2,1-4H3,(H2,23,25,27);1H. The molecule has 172 valence electrons. The Kier molecular flexibility index (Phi) is 9.57. The van der Waals surface area contributed by atoms with Crippen molar-refractivity contribution in [2.24, 2.45) is 4.99 Å². The lowest BCUT2D eigenvalue weighted by Crippen LogP contribution is -2.38.